The first-order valence-corrected chi connectivity index (χ1v) is 8.99. The van der Waals surface area contributed by atoms with Crippen molar-refractivity contribution in [3.8, 4) is 11.5 Å². The van der Waals surface area contributed by atoms with Crippen molar-refractivity contribution in [2.45, 2.75) is 38.3 Å². The van der Waals surface area contributed by atoms with Crippen molar-refractivity contribution < 1.29 is 14.3 Å². The van der Waals surface area contributed by atoms with Gasteiger partial charge in [0.1, 0.15) is 0 Å². The number of benzene rings is 1. The predicted molar refractivity (Wildman–Crippen MR) is 93.0 cm³/mol. The van der Waals surface area contributed by atoms with Crippen LogP contribution in [0.2, 0.25) is 0 Å². The number of piperidine rings is 1. The summed E-state index contributed by atoms with van der Waals surface area (Å²) in [5.74, 6) is 1.46. The van der Waals surface area contributed by atoms with Crippen LogP contribution in [0.1, 0.15) is 36.0 Å². The molecule has 0 N–H and O–H groups in total. The molecule has 1 aromatic carbocycles. The minimum Gasteiger partial charge on any atom is -0.490 e. The molecule has 0 bridgehead atoms. The van der Waals surface area contributed by atoms with Crippen LogP contribution in [0.4, 0.5) is 0 Å². The second-order valence-electron chi connectivity index (χ2n) is 6.59. The number of likely N-dealkylation sites (tertiary alicyclic amines) is 1. The Labute approximate surface area is 147 Å². The van der Waals surface area contributed by atoms with E-state index >= 15 is 0 Å². The topological polar surface area (TPSA) is 56.6 Å². The Kier molecular flexibility index (Phi) is 4.59. The molecule has 2 aliphatic heterocycles. The minimum atomic E-state index is 0.0625. The second kappa shape index (κ2) is 7.17. The Bertz CT molecular complexity index is 730. The smallest absolute Gasteiger partial charge is 0.254 e. The van der Waals surface area contributed by atoms with Crippen molar-refractivity contribution in [3.05, 3.63) is 42.2 Å². The van der Waals surface area contributed by atoms with Gasteiger partial charge in [0.15, 0.2) is 11.5 Å². The van der Waals surface area contributed by atoms with Gasteiger partial charge in [0, 0.05) is 30.9 Å². The zero-order valence-corrected chi connectivity index (χ0v) is 14.3. The van der Waals surface area contributed by atoms with Gasteiger partial charge in [-0.1, -0.05) is 0 Å². The molecule has 0 radical (unpaired) electrons. The van der Waals surface area contributed by atoms with Gasteiger partial charge in [0.25, 0.3) is 5.91 Å². The molecule has 1 amide bonds. The standard InChI is InChI=1S/C19H23N3O3/c23-19(15-6-7-17-18(13-15)25-12-4-11-24-17)22-10-2-1-5-16(22)14-21-9-3-8-20-21/h3,6-9,13,16H,1-2,4-5,10-12,14H2/t16-/m1/s1. The number of carbonyl (C=O) groups is 1. The third-order valence-electron chi connectivity index (χ3n) is 4.84. The SMILES string of the molecule is O=C(c1ccc2c(c1)OCCCO2)N1CCCC[C@@H]1Cn1cccn1. The van der Waals surface area contributed by atoms with Gasteiger partial charge in [-0.2, -0.15) is 5.10 Å². The van der Waals surface area contributed by atoms with Crippen molar-refractivity contribution in [3.63, 3.8) is 0 Å². The Morgan fingerprint density at radius 1 is 1.16 bits per heavy atom. The van der Waals surface area contributed by atoms with E-state index in [1.54, 1.807) is 6.20 Å². The first-order chi connectivity index (χ1) is 12.3. The van der Waals surface area contributed by atoms with Gasteiger partial charge in [-0.25, -0.2) is 0 Å². The Morgan fingerprint density at radius 2 is 2.04 bits per heavy atom. The van der Waals surface area contributed by atoms with E-state index in [2.05, 4.69) is 5.10 Å². The summed E-state index contributed by atoms with van der Waals surface area (Å²) in [5, 5.41) is 4.29. The summed E-state index contributed by atoms with van der Waals surface area (Å²) < 4.78 is 13.3. The third-order valence-corrected chi connectivity index (χ3v) is 4.84. The van der Waals surface area contributed by atoms with E-state index in [0.29, 0.717) is 24.5 Å². The summed E-state index contributed by atoms with van der Waals surface area (Å²) in [6.07, 6.45) is 7.79. The molecule has 6 nitrogen and oxygen atoms in total. The highest BCUT2D eigenvalue weighted by molar-refractivity contribution is 5.95. The highest BCUT2D eigenvalue weighted by Crippen LogP contribution is 2.31. The lowest BCUT2D eigenvalue weighted by Crippen LogP contribution is -2.45. The predicted octanol–water partition coefficient (Wildman–Crippen LogP) is 2.74. The third kappa shape index (κ3) is 3.48. The van der Waals surface area contributed by atoms with E-state index in [1.807, 2.05) is 40.0 Å². The fourth-order valence-corrected chi connectivity index (χ4v) is 3.54. The maximum atomic E-state index is 13.1. The van der Waals surface area contributed by atoms with Gasteiger partial charge in [-0.15, -0.1) is 0 Å². The van der Waals surface area contributed by atoms with E-state index in [1.165, 1.54) is 0 Å². The summed E-state index contributed by atoms with van der Waals surface area (Å²) in [4.78, 5) is 15.1. The lowest BCUT2D eigenvalue weighted by molar-refractivity contribution is 0.0583. The summed E-state index contributed by atoms with van der Waals surface area (Å²) >= 11 is 0. The number of carbonyl (C=O) groups excluding carboxylic acids is 1. The Balaban J connectivity index is 1.54. The zero-order chi connectivity index (χ0) is 17.1. The van der Waals surface area contributed by atoms with Gasteiger partial charge in [0.2, 0.25) is 0 Å². The van der Waals surface area contributed by atoms with E-state index in [9.17, 15) is 4.79 Å². The zero-order valence-electron chi connectivity index (χ0n) is 14.3. The lowest BCUT2D eigenvalue weighted by atomic mass is 10.0. The first kappa shape index (κ1) is 16.0. The van der Waals surface area contributed by atoms with Crippen LogP contribution in [0.5, 0.6) is 11.5 Å². The van der Waals surface area contributed by atoms with Gasteiger partial charge >= 0.3 is 0 Å². The van der Waals surface area contributed by atoms with Crippen LogP contribution in [0.3, 0.4) is 0 Å². The summed E-state index contributed by atoms with van der Waals surface area (Å²) in [7, 11) is 0. The number of hydrogen-bond donors (Lipinski definition) is 0. The summed E-state index contributed by atoms with van der Waals surface area (Å²) in [5.41, 5.74) is 0.664. The fraction of sp³-hybridized carbons (Fsp3) is 0.474. The molecule has 0 unspecified atom stereocenters. The van der Waals surface area contributed by atoms with Gasteiger partial charge < -0.3 is 14.4 Å². The van der Waals surface area contributed by atoms with Crippen molar-refractivity contribution in [2.75, 3.05) is 19.8 Å². The Hall–Kier alpha value is -2.50. The second-order valence-corrected chi connectivity index (χ2v) is 6.59. The van der Waals surface area contributed by atoms with E-state index in [-0.39, 0.29) is 11.9 Å². The molecular formula is C19H23N3O3. The molecule has 1 saturated heterocycles. The number of amides is 1. The maximum absolute atomic E-state index is 13.1. The average Bonchev–Trinajstić information content (AvgIpc) is 3.04. The van der Waals surface area contributed by atoms with Crippen LogP contribution in [0.25, 0.3) is 0 Å². The van der Waals surface area contributed by atoms with Gasteiger partial charge in [0.05, 0.1) is 25.8 Å². The number of ether oxygens (including phenoxy) is 2. The number of nitrogens with zero attached hydrogens (tertiary/aromatic N) is 3. The Morgan fingerprint density at radius 3 is 2.88 bits per heavy atom. The van der Waals surface area contributed by atoms with Crippen LogP contribution in [0.15, 0.2) is 36.7 Å². The normalized spacial score (nSPS) is 20.2. The minimum absolute atomic E-state index is 0.0625. The highest BCUT2D eigenvalue weighted by atomic mass is 16.5. The van der Waals surface area contributed by atoms with Crippen LogP contribution in [-0.4, -0.2) is 46.4 Å². The van der Waals surface area contributed by atoms with Crippen molar-refractivity contribution in [1.29, 1.82) is 0 Å². The fourth-order valence-electron chi connectivity index (χ4n) is 3.54. The van der Waals surface area contributed by atoms with E-state index in [4.69, 9.17) is 9.47 Å². The lowest BCUT2D eigenvalue weighted by Gasteiger charge is -2.36. The molecule has 2 aromatic rings. The van der Waals surface area contributed by atoms with Crippen LogP contribution in [-0.2, 0) is 6.54 Å². The quantitative estimate of drug-likeness (QED) is 0.861. The molecule has 132 valence electrons. The molecule has 4 rings (SSSR count). The monoisotopic (exact) mass is 341 g/mol. The molecule has 2 aliphatic rings. The summed E-state index contributed by atoms with van der Waals surface area (Å²) in [6, 6.07) is 7.61. The molecule has 1 aromatic heterocycles. The largest absolute Gasteiger partial charge is 0.490 e. The highest BCUT2D eigenvalue weighted by Gasteiger charge is 2.28. The van der Waals surface area contributed by atoms with Crippen LogP contribution in [0, 0.1) is 0 Å². The van der Waals surface area contributed by atoms with E-state index < -0.39 is 0 Å². The molecular weight excluding hydrogens is 318 g/mol. The molecule has 0 spiro atoms. The maximum Gasteiger partial charge on any atom is 0.254 e. The van der Waals surface area contributed by atoms with Crippen molar-refractivity contribution in [2.24, 2.45) is 0 Å². The molecule has 1 fully saturated rings. The van der Waals surface area contributed by atoms with Gasteiger partial charge in [-0.3, -0.25) is 9.48 Å². The molecule has 25 heavy (non-hydrogen) atoms. The van der Waals surface area contributed by atoms with Crippen LogP contribution >= 0.6 is 0 Å². The number of hydrogen-bond acceptors (Lipinski definition) is 4. The van der Waals surface area contributed by atoms with Crippen molar-refractivity contribution >= 4 is 5.91 Å². The molecule has 1 atom stereocenters. The van der Waals surface area contributed by atoms with Gasteiger partial charge in [-0.05, 0) is 43.5 Å². The van der Waals surface area contributed by atoms with E-state index in [0.717, 1.165) is 44.5 Å². The van der Waals surface area contributed by atoms with Crippen LogP contribution < -0.4 is 9.47 Å². The molecule has 0 aliphatic carbocycles. The molecule has 3 heterocycles. The molecule has 0 saturated carbocycles. The molecule has 6 heteroatoms. The number of aromatic nitrogens is 2. The summed E-state index contributed by atoms with van der Waals surface area (Å²) in [6.45, 7) is 2.80. The first-order valence-electron chi connectivity index (χ1n) is 8.99. The number of rotatable bonds is 3. The number of fused-ring (bicyclic) bond motifs is 1. The van der Waals surface area contributed by atoms with Crippen molar-refractivity contribution in [1.82, 2.24) is 14.7 Å². The average molecular weight is 341 g/mol.